The first kappa shape index (κ1) is 12.0. The molecule has 0 atom stereocenters. The maximum Gasteiger partial charge on any atom is 0.153 e. The van der Waals surface area contributed by atoms with Gasteiger partial charge >= 0.3 is 0 Å². The highest BCUT2D eigenvalue weighted by molar-refractivity contribution is 7.92. The molecular formula is C13H23NO2S. The van der Waals surface area contributed by atoms with Gasteiger partial charge in [0.15, 0.2) is 9.84 Å². The van der Waals surface area contributed by atoms with Gasteiger partial charge < -0.3 is 5.73 Å². The second kappa shape index (κ2) is 4.23. The summed E-state index contributed by atoms with van der Waals surface area (Å²) in [7, 11) is -2.89. The summed E-state index contributed by atoms with van der Waals surface area (Å²) in [4.78, 5) is 0. The molecule has 0 spiro atoms. The molecule has 4 bridgehead atoms. The highest BCUT2D eigenvalue weighted by Crippen LogP contribution is 2.55. The van der Waals surface area contributed by atoms with Gasteiger partial charge in [-0.15, -0.1) is 0 Å². The molecule has 0 aromatic rings. The monoisotopic (exact) mass is 257 g/mol. The molecule has 4 aliphatic rings. The Bertz CT molecular complexity index is 362. The maximum absolute atomic E-state index is 12.4. The minimum Gasteiger partial charge on any atom is -0.330 e. The normalized spacial score (nSPS) is 44.2. The Morgan fingerprint density at radius 3 is 1.94 bits per heavy atom. The number of hydrogen-bond donors (Lipinski definition) is 1. The summed E-state index contributed by atoms with van der Waals surface area (Å²) < 4.78 is 24.8. The average Bonchev–Trinajstić information content (AvgIpc) is 2.24. The molecule has 98 valence electrons. The van der Waals surface area contributed by atoms with Gasteiger partial charge in [-0.2, -0.15) is 0 Å². The fraction of sp³-hybridized carbons (Fsp3) is 1.00. The molecule has 4 rings (SSSR count). The first-order valence-corrected chi connectivity index (χ1v) is 8.73. The van der Waals surface area contributed by atoms with Gasteiger partial charge in [0.1, 0.15) is 0 Å². The van der Waals surface area contributed by atoms with Crippen LogP contribution in [-0.2, 0) is 9.84 Å². The molecule has 0 aliphatic heterocycles. The minimum atomic E-state index is -2.89. The van der Waals surface area contributed by atoms with Crippen molar-refractivity contribution in [2.45, 2.75) is 43.8 Å². The van der Waals surface area contributed by atoms with E-state index in [2.05, 4.69) is 0 Å². The van der Waals surface area contributed by atoms with Crippen molar-refractivity contribution in [3.05, 3.63) is 0 Å². The second-order valence-corrected chi connectivity index (χ2v) is 8.68. The number of nitrogens with two attached hydrogens (primary N) is 1. The molecule has 2 N–H and O–H groups in total. The average molecular weight is 257 g/mol. The van der Waals surface area contributed by atoms with E-state index in [1.165, 1.54) is 32.1 Å². The first-order valence-electron chi connectivity index (χ1n) is 7.02. The van der Waals surface area contributed by atoms with Crippen molar-refractivity contribution in [1.82, 2.24) is 0 Å². The third-order valence-corrected chi connectivity index (χ3v) is 7.64. The molecule has 0 heterocycles. The van der Waals surface area contributed by atoms with Crippen LogP contribution in [0.25, 0.3) is 0 Å². The van der Waals surface area contributed by atoms with Crippen LogP contribution in [0.3, 0.4) is 0 Å². The zero-order valence-electron chi connectivity index (χ0n) is 10.3. The van der Waals surface area contributed by atoms with Crippen LogP contribution in [0.1, 0.15) is 38.5 Å². The van der Waals surface area contributed by atoms with Gasteiger partial charge in [0, 0.05) is 0 Å². The van der Waals surface area contributed by atoms with E-state index in [9.17, 15) is 8.42 Å². The van der Waals surface area contributed by atoms with E-state index < -0.39 is 9.84 Å². The Kier molecular flexibility index (Phi) is 2.98. The molecule has 17 heavy (non-hydrogen) atoms. The molecule has 4 aliphatic carbocycles. The molecule has 4 fully saturated rings. The summed E-state index contributed by atoms with van der Waals surface area (Å²) in [6.07, 6.45) is 6.73. The van der Waals surface area contributed by atoms with Crippen LogP contribution >= 0.6 is 0 Å². The lowest BCUT2D eigenvalue weighted by atomic mass is 9.56. The van der Waals surface area contributed by atoms with E-state index in [4.69, 9.17) is 5.73 Å². The molecule has 4 heteroatoms. The molecule has 0 saturated heterocycles. The van der Waals surface area contributed by atoms with Gasteiger partial charge in [-0.3, -0.25) is 0 Å². The third kappa shape index (κ3) is 2.03. The highest BCUT2D eigenvalue weighted by atomic mass is 32.2. The first-order chi connectivity index (χ1) is 8.10. The predicted octanol–water partition coefficient (Wildman–Crippen LogP) is 1.57. The maximum atomic E-state index is 12.4. The molecule has 4 saturated carbocycles. The Labute approximate surface area is 104 Å². The van der Waals surface area contributed by atoms with Crippen molar-refractivity contribution in [3.63, 3.8) is 0 Å². The molecular weight excluding hydrogens is 234 g/mol. The van der Waals surface area contributed by atoms with Gasteiger partial charge in [0.05, 0.1) is 11.0 Å². The van der Waals surface area contributed by atoms with Gasteiger partial charge in [-0.05, 0) is 68.7 Å². The number of sulfone groups is 1. The smallest absolute Gasteiger partial charge is 0.153 e. The molecule has 0 amide bonds. The van der Waals surface area contributed by atoms with Crippen LogP contribution in [-0.4, -0.2) is 26.0 Å². The van der Waals surface area contributed by atoms with Crippen LogP contribution < -0.4 is 5.73 Å². The van der Waals surface area contributed by atoms with Crippen LogP contribution in [0.2, 0.25) is 0 Å². The van der Waals surface area contributed by atoms with Crippen LogP contribution in [0, 0.1) is 23.7 Å². The zero-order chi connectivity index (χ0) is 12.0. The van der Waals surface area contributed by atoms with E-state index in [-0.39, 0.29) is 5.25 Å². The lowest BCUT2D eigenvalue weighted by Crippen LogP contribution is -2.52. The summed E-state index contributed by atoms with van der Waals surface area (Å²) in [5.41, 5.74) is 5.45. The molecule has 0 unspecified atom stereocenters. The van der Waals surface area contributed by atoms with Gasteiger partial charge in [-0.25, -0.2) is 8.42 Å². The van der Waals surface area contributed by atoms with Gasteiger partial charge in [0.25, 0.3) is 0 Å². The Hall–Kier alpha value is -0.0900. The van der Waals surface area contributed by atoms with Gasteiger partial charge in [0.2, 0.25) is 0 Å². The summed E-state index contributed by atoms with van der Waals surface area (Å²) in [5.74, 6) is 2.97. The fourth-order valence-corrected chi connectivity index (χ4v) is 7.34. The molecule has 0 radical (unpaired) electrons. The summed E-state index contributed by atoms with van der Waals surface area (Å²) in [6.45, 7) is 0.493. The van der Waals surface area contributed by atoms with Gasteiger partial charge in [-0.1, -0.05) is 0 Å². The van der Waals surface area contributed by atoms with Crippen molar-refractivity contribution in [1.29, 1.82) is 0 Å². The van der Waals surface area contributed by atoms with Crippen molar-refractivity contribution in [2.75, 3.05) is 12.3 Å². The van der Waals surface area contributed by atoms with Crippen molar-refractivity contribution in [2.24, 2.45) is 29.4 Å². The third-order valence-electron chi connectivity index (χ3n) is 5.19. The minimum absolute atomic E-state index is 0.0122. The topological polar surface area (TPSA) is 60.2 Å². The van der Waals surface area contributed by atoms with E-state index >= 15 is 0 Å². The lowest BCUT2D eigenvalue weighted by Gasteiger charge is -2.53. The zero-order valence-corrected chi connectivity index (χ0v) is 11.2. The summed E-state index contributed by atoms with van der Waals surface area (Å²) in [6, 6.07) is 0. The standard InChI is InChI=1S/C13H23NO2S/c14-2-1-3-17(15,16)13-11-5-9-4-10(7-11)8-12(13)6-9/h9-13H,1-8,14H2. The quantitative estimate of drug-likeness (QED) is 0.831. The summed E-state index contributed by atoms with van der Waals surface area (Å²) >= 11 is 0. The Morgan fingerprint density at radius 2 is 1.47 bits per heavy atom. The molecule has 3 nitrogen and oxygen atoms in total. The Balaban J connectivity index is 1.79. The number of hydrogen-bond acceptors (Lipinski definition) is 3. The fourth-order valence-electron chi connectivity index (χ4n) is 4.88. The van der Waals surface area contributed by atoms with E-state index in [1.54, 1.807) is 0 Å². The van der Waals surface area contributed by atoms with E-state index in [0.29, 0.717) is 30.6 Å². The van der Waals surface area contributed by atoms with E-state index in [0.717, 1.165) is 11.8 Å². The number of rotatable bonds is 4. The van der Waals surface area contributed by atoms with Crippen LogP contribution in [0.15, 0.2) is 0 Å². The second-order valence-electron chi connectivity index (χ2n) is 6.40. The highest BCUT2D eigenvalue weighted by Gasteiger charge is 2.52. The van der Waals surface area contributed by atoms with Crippen molar-refractivity contribution >= 4 is 9.84 Å². The van der Waals surface area contributed by atoms with Crippen LogP contribution in [0.5, 0.6) is 0 Å². The van der Waals surface area contributed by atoms with Crippen molar-refractivity contribution in [3.8, 4) is 0 Å². The lowest BCUT2D eigenvalue weighted by molar-refractivity contribution is 0.0238. The molecule has 0 aromatic heterocycles. The van der Waals surface area contributed by atoms with E-state index in [1.807, 2.05) is 0 Å². The van der Waals surface area contributed by atoms with Crippen LogP contribution in [0.4, 0.5) is 0 Å². The largest absolute Gasteiger partial charge is 0.330 e. The Morgan fingerprint density at radius 1 is 0.941 bits per heavy atom. The molecule has 0 aromatic carbocycles. The van der Waals surface area contributed by atoms with Crippen molar-refractivity contribution < 1.29 is 8.42 Å². The SMILES string of the molecule is NCCCS(=O)(=O)C1C2CC3CC(C2)CC1C3. The predicted molar refractivity (Wildman–Crippen MR) is 68.3 cm³/mol. The summed E-state index contributed by atoms with van der Waals surface area (Å²) in [5, 5.41) is -0.0122.